The Morgan fingerprint density at radius 2 is 1.91 bits per heavy atom. The Morgan fingerprint density at radius 3 is 2.55 bits per heavy atom. The molecule has 2 aromatic rings. The molecule has 0 aliphatic rings. The molecule has 3 nitrogen and oxygen atoms in total. The van der Waals surface area contributed by atoms with Crippen LogP contribution in [0.3, 0.4) is 0 Å². The molecule has 22 heavy (non-hydrogen) atoms. The van der Waals surface area contributed by atoms with Crippen LogP contribution in [0.1, 0.15) is 18.9 Å². The molecule has 3 heteroatoms. The Kier molecular flexibility index (Phi) is 6.04. The molecule has 0 amide bonds. The van der Waals surface area contributed by atoms with Gasteiger partial charge in [0, 0.05) is 23.2 Å². The molecule has 0 fully saturated rings. The van der Waals surface area contributed by atoms with E-state index in [-0.39, 0.29) is 6.61 Å². The molecular formula is C19H23NO2. The lowest BCUT2D eigenvalue weighted by Gasteiger charge is -2.10. The van der Waals surface area contributed by atoms with Crippen LogP contribution < -0.4 is 20.5 Å². The predicted molar refractivity (Wildman–Crippen MR) is 90.8 cm³/mol. The van der Waals surface area contributed by atoms with E-state index < -0.39 is 0 Å². The Bertz CT molecular complexity index is 702. The molecule has 0 spiro atoms. The van der Waals surface area contributed by atoms with Gasteiger partial charge in [0.2, 0.25) is 0 Å². The summed E-state index contributed by atoms with van der Waals surface area (Å²) in [5.74, 6) is 0.837. The standard InChI is InChI=1S/C19H23NO2/c1-3-8-17-16(18(13-21)20-2)11-7-12-19(17)22-14-15-9-5-4-6-10-15/h4-12,20-21H,3,13-14H2,1-2H3/b17-8-,18-16-. The summed E-state index contributed by atoms with van der Waals surface area (Å²) in [5.41, 5.74) is 1.93. The summed E-state index contributed by atoms with van der Waals surface area (Å²) in [6.45, 7) is 2.60. The first-order chi connectivity index (χ1) is 10.8. The molecular weight excluding hydrogens is 274 g/mol. The molecule has 2 aromatic carbocycles. The molecule has 2 N–H and O–H groups in total. The molecule has 0 aliphatic carbocycles. The maximum absolute atomic E-state index is 9.52. The highest BCUT2D eigenvalue weighted by atomic mass is 16.5. The van der Waals surface area contributed by atoms with Crippen molar-refractivity contribution in [3.8, 4) is 5.75 Å². The summed E-state index contributed by atoms with van der Waals surface area (Å²) in [7, 11) is 1.82. The number of rotatable bonds is 6. The van der Waals surface area contributed by atoms with Crippen molar-refractivity contribution >= 4 is 11.8 Å². The zero-order chi connectivity index (χ0) is 15.8. The van der Waals surface area contributed by atoms with Gasteiger partial charge in [-0.3, -0.25) is 0 Å². The van der Waals surface area contributed by atoms with Crippen molar-refractivity contribution in [2.24, 2.45) is 0 Å². The number of nitrogens with one attached hydrogen (secondary N) is 1. The third kappa shape index (κ3) is 3.89. The average molecular weight is 297 g/mol. The first kappa shape index (κ1) is 16.1. The van der Waals surface area contributed by atoms with Crippen LogP contribution in [0.2, 0.25) is 0 Å². The fourth-order valence-corrected chi connectivity index (χ4v) is 2.38. The van der Waals surface area contributed by atoms with Gasteiger partial charge in [0.15, 0.2) is 0 Å². The molecule has 0 radical (unpaired) electrons. The number of hydrogen-bond donors (Lipinski definition) is 2. The summed E-state index contributed by atoms with van der Waals surface area (Å²) in [6.07, 6.45) is 3.03. The summed E-state index contributed by atoms with van der Waals surface area (Å²) < 4.78 is 6.00. The van der Waals surface area contributed by atoms with Crippen molar-refractivity contribution in [1.29, 1.82) is 0 Å². The van der Waals surface area contributed by atoms with Gasteiger partial charge in [-0.15, -0.1) is 0 Å². The Hall–Kier alpha value is -2.26. The summed E-state index contributed by atoms with van der Waals surface area (Å²) >= 11 is 0. The maximum Gasteiger partial charge on any atom is 0.127 e. The largest absolute Gasteiger partial charge is 0.488 e. The van der Waals surface area contributed by atoms with E-state index in [9.17, 15) is 5.11 Å². The van der Waals surface area contributed by atoms with E-state index in [1.165, 1.54) is 0 Å². The van der Waals surface area contributed by atoms with Crippen molar-refractivity contribution in [2.45, 2.75) is 20.0 Å². The van der Waals surface area contributed by atoms with Gasteiger partial charge >= 0.3 is 0 Å². The van der Waals surface area contributed by atoms with Gasteiger partial charge in [0.05, 0.1) is 6.61 Å². The van der Waals surface area contributed by atoms with Gasteiger partial charge in [-0.05, 0) is 18.1 Å². The van der Waals surface area contributed by atoms with Gasteiger partial charge < -0.3 is 15.2 Å². The van der Waals surface area contributed by atoms with E-state index in [0.717, 1.165) is 33.9 Å². The lowest BCUT2D eigenvalue weighted by atomic mass is 10.1. The van der Waals surface area contributed by atoms with E-state index in [2.05, 4.69) is 18.3 Å². The van der Waals surface area contributed by atoms with Crippen LogP contribution in [0.25, 0.3) is 11.8 Å². The molecule has 0 aromatic heterocycles. The van der Waals surface area contributed by atoms with Crippen LogP contribution in [-0.2, 0) is 6.61 Å². The molecule has 0 unspecified atom stereocenters. The van der Waals surface area contributed by atoms with E-state index >= 15 is 0 Å². The molecule has 0 heterocycles. The zero-order valence-corrected chi connectivity index (χ0v) is 13.2. The number of aliphatic hydroxyl groups is 1. The number of hydrogen-bond acceptors (Lipinski definition) is 3. The minimum atomic E-state index is -0.0246. The monoisotopic (exact) mass is 297 g/mol. The molecule has 0 aliphatic heterocycles. The SMILES string of the molecule is CC/C=c1\c(OCc2ccccc2)ccc\c1=C(/CO)NC. The zero-order valence-electron chi connectivity index (χ0n) is 13.2. The number of ether oxygens (including phenoxy) is 1. The highest BCUT2D eigenvalue weighted by molar-refractivity contribution is 5.48. The molecule has 116 valence electrons. The van der Waals surface area contributed by atoms with Crippen molar-refractivity contribution < 1.29 is 9.84 Å². The summed E-state index contributed by atoms with van der Waals surface area (Å²) in [6, 6.07) is 16.0. The number of benzene rings is 2. The minimum Gasteiger partial charge on any atom is -0.488 e. The Balaban J connectivity index is 2.42. The van der Waals surface area contributed by atoms with E-state index in [1.54, 1.807) is 0 Å². The van der Waals surface area contributed by atoms with Crippen LogP contribution >= 0.6 is 0 Å². The molecule has 0 saturated carbocycles. The second-order valence-electron chi connectivity index (χ2n) is 4.99. The van der Waals surface area contributed by atoms with E-state index in [1.807, 2.05) is 55.6 Å². The van der Waals surface area contributed by atoms with Crippen molar-refractivity contribution in [1.82, 2.24) is 5.32 Å². The Labute approximate surface area is 131 Å². The smallest absolute Gasteiger partial charge is 0.127 e. The predicted octanol–water partition coefficient (Wildman–Crippen LogP) is 1.78. The van der Waals surface area contributed by atoms with Crippen LogP contribution in [0, 0.1) is 0 Å². The van der Waals surface area contributed by atoms with Crippen molar-refractivity contribution in [3.05, 3.63) is 64.5 Å². The van der Waals surface area contributed by atoms with Gasteiger partial charge in [0.25, 0.3) is 0 Å². The summed E-state index contributed by atoms with van der Waals surface area (Å²) in [5, 5.41) is 14.6. The lowest BCUT2D eigenvalue weighted by Crippen LogP contribution is -2.33. The van der Waals surface area contributed by atoms with Gasteiger partial charge in [-0.25, -0.2) is 0 Å². The average Bonchev–Trinajstić information content (AvgIpc) is 2.57. The van der Waals surface area contributed by atoms with E-state index in [4.69, 9.17) is 4.74 Å². The van der Waals surface area contributed by atoms with Crippen LogP contribution in [-0.4, -0.2) is 18.8 Å². The molecule has 0 saturated heterocycles. The number of likely N-dealkylation sites (N-methyl/N-ethyl adjacent to an activating group) is 1. The quantitative estimate of drug-likeness (QED) is 0.854. The minimum absolute atomic E-state index is 0.0246. The highest BCUT2D eigenvalue weighted by Gasteiger charge is 2.02. The van der Waals surface area contributed by atoms with E-state index in [0.29, 0.717) is 6.61 Å². The summed E-state index contributed by atoms with van der Waals surface area (Å²) in [4.78, 5) is 0. The van der Waals surface area contributed by atoms with Crippen molar-refractivity contribution in [2.75, 3.05) is 13.7 Å². The molecule has 0 atom stereocenters. The number of aliphatic hydroxyl groups excluding tert-OH is 1. The highest BCUT2D eigenvalue weighted by Crippen LogP contribution is 2.06. The fourth-order valence-electron chi connectivity index (χ4n) is 2.38. The first-order valence-electron chi connectivity index (χ1n) is 7.57. The van der Waals surface area contributed by atoms with Crippen LogP contribution in [0.15, 0.2) is 48.5 Å². The van der Waals surface area contributed by atoms with Crippen molar-refractivity contribution in [3.63, 3.8) is 0 Å². The van der Waals surface area contributed by atoms with Gasteiger partial charge in [-0.1, -0.05) is 55.5 Å². The topological polar surface area (TPSA) is 41.5 Å². The normalized spacial score (nSPS) is 13.0. The fraction of sp³-hybridized carbons (Fsp3) is 0.263. The first-order valence-corrected chi connectivity index (χ1v) is 7.57. The van der Waals surface area contributed by atoms with Gasteiger partial charge in [0.1, 0.15) is 12.4 Å². The third-order valence-corrected chi connectivity index (χ3v) is 3.50. The second-order valence-corrected chi connectivity index (χ2v) is 4.99. The lowest BCUT2D eigenvalue weighted by molar-refractivity contribution is 0.303. The van der Waals surface area contributed by atoms with Crippen LogP contribution in [0.5, 0.6) is 5.75 Å². The Morgan fingerprint density at radius 1 is 1.14 bits per heavy atom. The third-order valence-electron chi connectivity index (χ3n) is 3.50. The second kappa shape index (κ2) is 8.25. The molecule has 2 rings (SSSR count). The van der Waals surface area contributed by atoms with Gasteiger partial charge in [-0.2, -0.15) is 0 Å². The maximum atomic E-state index is 9.52. The van der Waals surface area contributed by atoms with Crippen LogP contribution in [0.4, 0.5) is 0 Å². The molecule has 0 bridgehead atoms.